The van der Waals surface area contributed by atoms with Crippen molar-refractivity contribution in [2.24, 2.45) is 0 Å². The lowest BCUT2D eigenvalue weighted by Crippen LogP contribution is -2.44. The maximum absolute atomic E-state index is 4.05. The molecule has 5 heteroatoms. The van der Waals surface area contributed by atoms with E-state index in [0.717, 1.165) is 12.2 Å². The Hall–Kier alpha value is -0.970. The molecular formula is C10H19N5. The third kappa shape index (κ3) is 2.53. The van der Waals surface area contributed by atoms with Crippen LogP contribution in [0, 0.1) is 0 Å². The third-order valence-electron chi connectivity index (χ3n) is 3.48. The van der Waals surface area contributed by atoms with Crippen LogP contribution >= 0.6 is 0 Å². The fourth-order valence-corrected chi connectivity index (χ4v) is 2.48. The normalized spacial score (nSPS) is 21.1. The molecule has 0 aromatic carbocycles. The zero-order valence-electron chi connectivity index (χ0n) is 9.29. The fraction of sp³-hybridized carbons (Fsp3) is 0.900. The average molecular weight is 209 g/mol. The molecule has 0 unspecified atom stereocenters. The van der Waals surface area contributed by atoms with Crippen LogP contribution in [0.5, 0.6) is 0 Å². The first-order valence-electron chi connectivity index (χ1n) is 5.76. The Labute approximate surface area is 90.0 Å². The molecule has 0 aliphatic heterocycles. The SMILES string of the molecule is CNC1(Cc2nn[nH]n2)CCCCCC1. The van der Waals surface area contributed by atoms with E-state index in [2.05, 4.69) is 25.9 Å². The highest BCUT2D eigenvalue weighted by molar-refractivity contribution is 4.97. The predicted octanol–water partition coefficient (Wildman–Crippen LogP) is 1.05. The minimum absolute atomic E-state index is 0.195. The molecule has 84 valence electrons. The summed E-state index contributed by atoms with van der Waals surface area (Å²) in [7, 11) is 2.05. The van der Waals surface area contributed by atoms with Gasteiger partial charge in [-0.05, 0) is 19.9 Å². The van der Waals surface area contributed by atoms with E-state index < -0.39 is 0 Å². The van der Waals surface area contributed by atoms with Gasteiger partial charge in [-0.25, -0.2) is 0 Å². The number of H-pyrrole nitrogens is 1. The topological polar surface area (TPSA) is 66.5 Å². The third-order valence-corrected chi connectivity index (χ3v) is 3.48. The Kier molecular flexibility index (Phi) is 3.30. The maximum Gasteiger partial charge on any atom is 0.176 e. The molecule has 2 rings (SSSR count). The first-order chi connectivity index (χ1) is 7.35. The quantitative estimate of drug-likeness (QED) is 0.730. The van der Waals surface area contributed by atoms with Crippen LogP contribution in [-0.4, -0.2) is 33.2 Å². The van der Waals surface area contributed by atoms with E-state index in [-0.39, 0.29) is 5.54 Å². The molecule has 0 saturated heterocycles. The fourth-order valence-electron chi connectivity index (χ4n) is 2.48. The van der Waals surface area contributed by atoms with E-state index >= 15 is 0 Å². The van der Waals surface area contributed by atoms with Crippen molar-refractivity contribution < 1.29 is 0 Å². The van der Waals surface area contributed by atoms with Crippen molar-refractivity contribution in [2.75, 3.05) is 7.05 Å². The molecule has 1 aliphatic carbocycles. The van der Waals surface area contributed by atoms with Crippen LogP contribution in [0.15, 0.2) is 0 Å². The van der Waals surface area contributed by atoms with Crippen molar-refractivity contribution in [1.29, 1.82) is 0 Å². The lowest BCUT2D eigenvalue weighted by Gasteiger charge is -2.31. The summed E-state index contributed by atoms with van der Waals surface area (Å²) in [5.41, 5.74) is 0.195. The summed E-state index contributed by atoms with van der Waals surface area (Å²) in [4.78, 5) is 0. The van der Waals surface area contributed by atoms with Gasteiger partial charge < -0.3 is 5.32 Å². The van der Waals surface area contributed by atoms with Crippen molar-refractivity contribution in [3.63, 3.8) is 0 Å². The second kappa shape index (κ2) is 4.70. The monoisotopic (exact) mass is 209 g/mol. The van der Waals surface area contributed by atoms with Crippen molar-refractivity contribution in [3.05, 3.63) is 5.82 Å². The molecule has 15 heavy (non-hydrogen) atoms. The van der Waals surface area contributed by atoms with Crippen LogP contribution in [0.25, 0.3) is 0 Å². The van der Waals surface area contributed by atoms with Crippen LogP contribution in [0.3, 0.4) is 0 Å². The molecule has 0 radical (unpaired) electrons. The molecule has 1 aliphatic rings. The summed E-state index contributed by atoms with van der Waals surface area (Å²) in [6.07, 6.45) is 8.65. The van der Waals surface area contributed by atoms with E-state index in [1.807, 2.05) is 7.05 Å². The van der Waals surface area contributed by atoms with Gasteiger partial charge >= 0.3 is 0 Å². The molecular weight excluding hydrogens is 190 g/mol. The standard InChI is InChI=1S/C10H19N5/c1-11-10(6-4-2-3-5-7-10)8-9-12-14-15-13-9/h11H,2-8H2,1H3,(H,12,13,14,15). The average Bonchev–Trinajstić information content (AvgIpc) is 2.64. The lowest BCUT2D eigenvalue weighted by atomic mass is 9.86. The molecule has 0 atom stereocenters. The lowest BCUT2D eigenvalue weighted by molar-refractivity contribution is 0.298. The molecule has 0 amide bonds. The Bertz CT molecular complexity index is 274. The summed E-state index contributed by atoms with van der Waals surface area (Å²) >= 11 is 0. The number of aromatic nitrogens is 4. The first-order valence-corrected chi connectivity index (χ1v) is 5.76. The Morgan fingerprint density at radius 2 is 2.00 bits per heavy atom. The van der Waals surface area contributed by atoms with Gasteiger partial charge in [0.25, 0.3) is 0 Å². The van der Waals surface area contributed by atoms with E-state index in [0.29, 0.717) is 0 Å². The highest BCUT2D eigenvalue weighted by Crippen LogP contribution is 2.28. The van der Waals surface area contributed by atoms with Gasteiger partial charge in [0.2, 0.25) is 0 Å². The van der Waals surface area contributed by atoms with Gasteiger partial charge in [0, 0.05) is 12.0 Å². The molecule has 0 bridgehead atoms. The van der Waals surface area contributed by atoms with Crippen LogP contribution in [0.1, 0.15) is 44.3 Å². The second-order valence-electron chi connectivity index (χ2n) is 4.45. The zero-order valence-corrected chi connectivity index (χ0v) is 9.29. The molecule has 2 N–H and O–H groups in total. The first kappa shape index (κ1) is 10.5. The molecule has 1 aromatic heterocycles. The molecule has 1 heterocycles. The van der Waals surface area contributed by atoms with Crippen molar-refractivity contribution in [2.45, 2.75) is 50.5 Å². The van der Waals surface area contributed by atoms with Gasteiger partial charge in [-0.15, -0.1) is 10.2 Å². The Morgan fingerprint density at radius 3 is 2.53 bits per heavy atom. The Balaban J connectivity index is 2.05. The number of nitrogens with zero attached hydrogens (tertiary/aromatic N) is 3. The number of rotatable bonds is 3. The number of likely N-dealkylation sites (N-methyl/N-ethyl adjacent to an activating group) is 1. The van der Waals surface area contributed by atoms with Gasteiger partial charge in [-0.1, -0.05) is 30.9 Å². The number of hydrogen-bond donors (Lipinski definition) is 2. The molecule has 1 aromatic rings. The predicted molar refractivity (Wildman–Crippen MR) is 57.4 cm³/mol. The summed E-state index contributed by atoms with van der Waals surface area (Å²) in [6, 6.07) is 0. The summed E-state index contributed by atoms with van der Waals surface area (Å²) in [5, 5.41) is 17.7. The second-order valence-corrected chi connectivity index (χ2v) is 4.45. The number of tetrazole rings is 1. The van der Waals surface area contributed by atoms with Crippen LogP contribution in [0.4, 0.5) is 0 Å². The maximum atomic E-state index is 4.05. The van der Waals surface area contributed by atoms with Crippen LogP contribution in [-0.2, 0) is 6.42 Å². The smallest absolute Gasteiger partial charge is 0.176 e. The van der Waals surface area contributed by atoms with Crippen molar-refractivity contribution in [1.82, 2.24) is 25.9 Å². The molecule has 1 fully saturated rings. The van der Waals surface area contributed by atoms with E-state index in [1.54, 1.807) is 0 Å². The van der Waals surface area contributed by atoms with E-state index in [1.165, 1.54) is 38.5 Å². The van der Waals surface area contributed by atoms with Gasteiger partial charge in [0.15, 0.2) is 5.82 Å². The van der Waals surface area contributed by atoms with Crippen LogP contribution in [0.2, 0.25) is 0 Å². The molecule has 1 saturated carbocycles. The van der Waals surface area contributed by atoms with Gasteiger partial charge in [-0.3, -0.25) is 0 Å². The van der Waals surface area contributed by atoms with Crippen molar-refractivity contribution >= 4 is 0 Å². The number of aromatic amines is 1. The summed E-state index contributed by atoms with van der Waals surface area (Å²) in [6.45, 7) is 0. The van der Waals surface area contributed by atoms with Crippen molar-refractivity contribution in [3.8, 4) is 0 Å². The minimum Gasteiger partial charge on any atom is -0.314 e. The van der Waals surface area contributed by atoms with E-state index in [4.69, 9.17) is 0 Å². The summed E-state index contributed by atoms with van der Waals surface area (Å²) < 4.78 is 0. The van der Waals surface area contributed by atoms with Gasteiger partial charge in [0.1, 0.15) is 0 Å². The molecule has 5 nitrogen and oxygen atoms in total. The highest BCUT2D eigenvalue weighted by Gasteiger charge is 2.30. The van der Waals surface area contributed by atoms with Gasteiger partial charge in [-0.2, -0.15) is 5.21 Å². The van der Waals surface area contributed by atoms with E-state index in [9.17, 15) is 0 Å². The Morgan fingerprint density at radius 1 is 1.27 bits per heavy atom. The minimum atomic E-state index is 0.195. The number of hydrogen-bond acceptors (Lipinski definition) is 4. The largest absolute Gasteiger partial charge is 0.314 e. The zero-order chi connectivity index (χ0) is 10.6. The van der Waals surface area contributed by atoms with Crippen LogP contribution < -0.4 is 5.32 Å². The van der Waals surface area contributed by atoms with Gasteiger partial charge in [0.05, 0.1) is 0 Å². The molecule has 0 spiro atoms. The highest BCUT2D eigenvalue weighted by atomic mass is 15.5. The summed E-state index contributed by atoms with van der Waals surface area (Å²) in [5.74, 6) is 0.825. The number of nitrogens with one attached hydrogen (secondary N) is 2.